The molecule has 0 radical (unpaired) electrons. The fraction of sp³-hybridized carbons (Fsp3) is 1.00. The first kappa shape index (κ1) is 17.9. The van der Waals surface area contributed by atoms with E-state index in [0.29, 0.717) is 12.1 Å². The van der Waals surface area contributed by atoms with Gasteiger partial charge in [-0.25, -0.2) is 0 Å². The topological polar surface area (TPSA) is 24.5 Å². The van der Waals surface area contributed by atoms with Crippen LogP contribution in [0.2, 0.25) is 0 Å². The van der Waals surface area contributed by atoms with Crippen molar-refractivity contribution in [3.63, 3.8) is 0 Å². The van der Waals surface area contributed by atoms with Crippen LogP contribution in [0.5, 0.6) is 0 Å². The third kappa shape index (κ3) is 11.0. The van der Waals surface area contributed by atoms with Gasteiger partial charge < -0.3 is 10.1 Å². The lowest BCUT2D eigenvalue weighted by Crippen LogP contribution is -2.34. The predicted molar refractivity (Wildman–Crippen MR) is 80.2 cm³/mol. The van der Waals surface area contributed by atoms with Gasteiger partial charge in [-0.05, 0) is 39.8 Å². The Labute approximate surface area is 114 Å². The summed E-state index contributed by atoms with van der Waals surface area (Å²) in [7, 11) is 1.78. The van der Waals surface area contributed by atoms with Crippen molar-refractivity contribution in [2.75, 3.05) is 33.4 Å². The van der Waals surface area contributed by atoms with Crippen molar-refractivity contribution in [2.45, 2.75) is 65.5 Å². The number of hydrogen-bond acceptors (Lipinski definition) is 3. The fourth-order valence-electron chi connectivity index (χ4n) is 2.02. The molecule has 0 aliphatic rings. The molecule has 18 heavy (non-hydrogen) atoms. The minimum Gasteiger partial charge on any atom is -0.383 e. The molecule has 1 N–H and O–H groups in total. The molecule has 0 saturated heterocycles. The molecule has 0 amide bonds. The summed E-state index contributed by atoms with van der Waals surface area (Å²) >= 11 is 0. The molecule has 0 saturated carbocycles. The maximum atomic E-state index is 5.15. The first-order chi connectivity index (χ1) is 8.57. The number of unbranched alkanes of at least 4 members (excludes halogenated alkanes) is 3. The van der Waals surface area contributed by atoms with Crippen molar-refractivity contribution in [2.24, 2.45) is 0 Å². The molecule has 0 heterocycles. The van der Waals surface area contributed by atoms with E-state index in [1.807, 2.05) is 0 Å². The molecule has 3 nitrogen and oxygen atoms in total. The van der Waals surface area contributed by atoms with Gasteiger partial charge in [0.05, 0.1) is 6.61 Å². The molecule has 0 rings (SSSR count). The van der Waals surface area contributed by atoms with Crippen molar-refractivity contribution in [3.05, 3.63) is 0 Å². The first-order valence-electron chi connectivity index (χ1n) is 7.54. The molecule has 0 atom stereocenters. The summed E-state index contributed by atoms with van der Waals surface area (Å²) in [5.41, 5.74) is 0. The number of nitrogens with one attached hydrogen (secondary N) is 1. The van der Waals surface area contributed by atoms with Gasteiger partial charge in [0.15, 0.2) is 0 Å². The van der Waals surface area contributed by atoms with E-state index in [9.17, 15) is 0 Å². The van der Waals surface area contributed by atoms with E-state index in [-0.39, 0.29) is 0 Å². The zero-order valence-corrected chi connectivity index (χ0v) is 13.2. The van der Waals surface area contributed by atoms with Gasteiger partial charge in [-0.15, -0.1) is 0 Å². The second-order valence-corrected chi connectivity index (χ2v) is 5.65. The Kier molecular flexibility index (Phi) is 11.9. The highest BCUT2D eigenvalue weighted by molar-refractivity contribution is 4.63. The highest BCUT2D eigenvalue weighted by Crippen LogP contribution is 2.04. The summed E-state index contributed by atoms with van der Waals surface area (Å²) in [5, 5.41) is 3.46. The van der Waals surface area contributed by atoms with E-state index in [0.717, 1.165) is 19.7 Å². The Balaban J connectivity index is 3.43. The van der Waals surface area contributed by atoms with E-state index in [2.05, 4.69) is 37.9 Å². The molecule has 0 fully saturated rings. The maximum absolute atomic E-state index is 5.15. The molecule has 0 bridgehead atoms. The predicted octanol–water partition coefficient (Wildman–Crippen LogP) is 2.90. The lowest BCUT2D eigenvalue weighted by atomic mass is 10.1. The van der Waals surface area contributed by atoms with Gasteiger partial charge >= 0.3 is 0 Å². The van der Waals surface area contributed by atoms with E-state index in [4.69, 9.17) is 4.74 Å². The molecular formula is C15H34N2O. The monoisotopic (exact) mass is 258 g/mol. The molecule has 0 aliphatic carbocycles. The van der Waals surface area contributed by atoms with Crippen LogP contribution in [-0.2, 0) is 4.74 Å². The molecule has 3 heteroatoms. The summed E-state index contributed by atoms with van der Waals surface area (Å²) < 4.78 is 5.15. The zero-order chi connectivity index (χ0) is 13.8. The van der Waals surface area contributed by atoms with Gasteiger partial charge in [0.2, 0.25) is 0 Å². The SMILES string of the molecule is COCCN(CCCCCCNC(C)C)C(C)C. The zero-order valence-electron chi connectivity index (χ0n) is 13.2. The van der Waals surface area contributed by atoms with Crippen LogP contribution in [-0.4, -0.2) is 50.3 Å². The molecule has 110 valence electrons. The summed E-state index contributed by atoms with van der Waals surface area (Å²) in [5.74, 6) is 0. The number of nitrogens with zero attached hydrogens (tertiary/aromatic N) is 1. The van der Waals surface area contributed by atoms with Crippen LogP contribution in [0.4, 0.5) is 0 Å². The van der Waals surface area contributed by atoms with Crippen LogP contribution >= 0.6 is 0 Å². The molecule has 0 aromatic carbocycles. The molecule has 0 spiro atoms. The Morgan fingerprint density at radius 1 is 0.944 bits per heavy atom. The number of rotatable bonds is 12. The third-order valence-corrected chi connectivity index (χ3v) is 3.24. The Morgan fingerprint density at radius 2 is 1.61 bits per heavy atom. The smallest absolute Gasteiger partial charge is 0.0589 e. The van der Waals surface area contributed by atoms with Gasteiger partial charge in [-0.2, -0.15) is 0 Å². The second-order valence-electron chi connectivity index (χ2n) is 5.65. The Bertz CT molecular complexity index is 172. The maximum Gasteiger partial charge on any atom is 0.0589 e. The van der Waals surface area contributed by atoms with Gasteiger partial charge in [0, 0.05) is 25.7 Å². The van der Waals surface area contributed by atoms with Gasteiger partial charge in [-0.1, -0.05) is 26.7 Å². The number of hydrogen-bond donors (Lipinski definition) is 1. The van der Waals surface area contributed by atoms with Crippen molar-refractivity contribution < 1.29 is 4.74 Å². The van der Waals surface area contributed by atoms with Crippen molar-refractivity contribution in [1.82, 2.24) is 10.2 Å². The first-order valence-corrected chi connectivity index (χ1v) is 7.54. The lowest BCUT2D eigenvalue weighted by molar-refractivity contribution is 0.128. The summed E-state index contributed by atoms with van der Waals surface area (Å²) in [6.07, 6.45) is 5.30. The normalized spacial score (nSPS) is 12.0. The molecular weight excluding hydrogens is 224 g/mol. The van der Waals surface area contributed by atoms with Crippen LogP contribution in [0.1, 0.15) is 53.4 Å². The summed E-state index contributed by atoms with van der Waals surface area (Å²) in [6, 6.07) is 1.25. The van der Waals surface area contributed by atoms with Crippen molar-refractivity contribution >= 4 is 0 Å². The van der Waals surface area contributed by atoms with Crippen LogP contribution < -0.4 is 5.32 Å². The van der Waals surface area contributed by atoms with E-state index in [1.165, 1.54) is 32.2 Å². The van der Waals surface area contributed by atoms with Crippen molar-refractivity contribution in [1.29, 1.82) is 0 Å². The molecule has 0 aliphatic heterocycles. The average Bonchev–Trinajstić information content (AvgIpc) is 2.30. The summed E-state index contributed by atoms with van der Waals surface area (Å²) in [4.78, 5) is 2.51. The van der Waals surface area contributed by atoms with Crippen LogP contribution in [0.15, 0.2) is 0 Å². The standard InChI is InChI=1S/C15H34N2O/c1-14(2)16-10-8-6-7-9-11-17(15(3)4)12-13-18-5/h14-16H,6-13H2,1-5H3. The third-order valence-electron chi connectivity index (χ3n) is 3.24. The van der Waals surface area contributed by atoms with Crippen LogP contribution in [0, 0.1) is 0 Å². The largest absolute Gasteiger partial charge is 0.383 e. The highest BCUT2D eigenvalue weighted by Gasteiger charge is 2.07. The minimum atomic E-state index is 0.621. The Morgan fingerprint density at radius 3 is 2.17 bits per heavy atom. The van der Waals surface area contributed by atoms with Crippen LogP contribution in [0.3, 0.4) is 0 Å². The quantitative estimate of drug-likeness (QED) is 0.545. The van der Waals surface area contributed by atoms with Gasteiger partial charge in [-0.3, -0.25) is 4.90 Å². The lowest BCUT2D eigenvalue weighted by Gasteiger charge is -2.26. The fourth-order valence-corrected chi connectivity index (χ4v) is 2.02. The van der Waals surface area contributed by atoms with E-state index < -0.39 is 0 Å². The Hall–Kier alpha value is -0.120. The average molecular weight is 258 g/mol. The van der Waals surface area contributed by atoms with E-state index in [1.54, 1.807) is 7.11 Å². The second kappa shape index (κ2) is 11.9. The molecule has 0 unspecified atom stereocenters. The number of methoxy groups -OCH3 is 1. The minimum absolute atomic E-state index is 0.621. The molecule has 0 aromatic rings. The van der Waals surface area contributed by atoms with Gasteiger partial charge in [0.25, 0.3) is 0 Å². The summed E-state index contributed by atoms with van der Waals surface area (Å²) in [6.45, 7) is 13.2. The van der Waals surface area contributed by atoms with Crippen LogP contribution in [0.25, 0.3) is 0 Å². The number of ether oxygens (including phenoxy) is 1. The van der Waals surface area contributed by atoms with E-state index >= 15 is 0 Å². The highest BCUT2D eigenvalue weighted by atomic mass is 16.5. The molecule has 0 aromatic heterocycles. The van der Waals surface area contributed by atoms with Gasteiger partial charge in [0.1, 0.15) is 0 Å². The van der Waals surface area contributed by atoms with Crippen molar-refractivity contribution in [3.8, 4) is 0 Å².